The van der Waals surface area contributed by atoms with Crippen LogP contribution in [0.1, 0.15) is 21.5 Å². The maximum atomic E-state index is 12.0. The number of aryl methyl sites for hydroxylation is 2. The number of amides is 1. The van der Waals surface area contributed by atoms with E-state index >= 15 is 0 Å². The van der Waals surface area contributed by atoms with E-state index in [2.05, 4.69) is 10.3 Å². The normalized spacial score (nSPS) is 11.1. The molecule has 0 saturated heterocycles. The van der Waals surface area contributed by atoms with Gasteiger partial charge in [-0.2, -0.15) is 0 Å². The SMILES string of the molecule is Cc1ccc(C(=O)NNS(=O)(=O)c2ccccc2)c(C)c1. The monoisotopic (exact) mass is 304 g/mol. The van der Waals surface area contributed by atoms with Gasteiger partial charge in [0.05, 0.1) is 4.90 Å². The van der Waals surface area contributed by atoms with Gasteiger partial charge in [-0.1, -0.05) is 35.9 Å². The Kier molecular flexibility index (Phi) is 4.40. The van der Waals surface area contributed by atoms with Crippen LogP contribution in [-0.2, 0) is 10.0 Å². The molecule has 6 heteroatoms. The predicted molar refractivity (Wildman–Crippen MR) is 80.1 cm³/mol. The Hall–Kier alpha value is -2.18. The number of carbonyl (C=O) groups excluding carboxylic acids is 1. The minimum Gasteiger partial charge on any atom is -0.273 e. The summed E-state index contributed by atoms with van der Waals surface area (Å²) in [6, 6.07) is 13.2. The van der Waals surface area contributed by atoms with Crippen molar-refractivity contribution in [2.45, 2.75) is 18.7 Å². The summed E-state index contributed by atoms with van der Waals surface area (Å²) in [6.45, 7) is 3.72. The molecule has 1 amide bonds. The van der Waals surface area contributed by atoms with Gasteiger partial charge in [0.2, 0.25) is 0 Å². The molecule has 0 aliphatic heterocycles. The van der Waals surface area contributed by atoms with Gasteiger partial charge in [-0.25, -0.2) is 8.42 Å². The molecule has 2 aromatic rings. The summed E-state index contributed by atoms with van der Waals surface area (Å²) in [6.07, 6.45) is 0. The minimum atomic E-state index is -3.77. The van der Waals surface area contributed by atoms with Crippen molar-refractivity contribution < 1.29 is 13.2 Å². The minimum absolute atomic E-state index is 0.0888. The van der Waals surface area contributed by atoms with Crippen LogP contribution >= 0.6 is 0 Å². The third-order valence-electron chi connectivity index (χ3n) is 2.98. The topological polar surface area (TPSA) is 75.3 Å². The molecule has 0 radical (unpaired) electrons. The quantitative estimate of drug-likeness (QED) is 0.848. The van der Waals surface area contributed by atoms with Crippen molar-refractivity contribution in [3.05, 3.63) is 65.2 Å². The van der Waals surface area contributed by atoms with Gasteiger partial charge in [-0.3, -0.25) is 10.2 Å². The van der Waals surface area contributed by atoms with E-state index in [1.165, 1.54) is 12.1 Å². The van der Waals surface area contributed by atoms with Crippen LogP contribution in [0.5, 0.6) is 0 Å². The molecule has 0 spiro atoms. The van der Waals surface area contributed by atoms with Crippen LogP contribution in [0.3, 0.4) is 0 Å². The zero-order chi connectivity index (χ0) is 15.5. The summed E-state index contributed by atoms with van der Waals surface area (Å²) in [5.74, 6) is -0.494. The first-order valence-corrected chi connectivity index (χ1v) is 7.83. The molecule has 21 heavy (non-hydrogen) atoms. The second-order valence-corrected chi connectivity index (χ2v) is 6.37. The number of hydrogen-bond donors (Lipinski definition) is 2. The molecule has 110 valence electrons. The number of nitrogens with one attached hydrogen (secondary N) is 2. The summed E-state index contributed by atoms with van der Waals surface area (Å²) in [5.41, 5.74) is 4.47. The van der Waals surface area contributed by atoms with E-state index in [1.54, 1.807) is 37.3 Å². The largest absolute Gasteiger partial charge is 0.273 e. The van der Waals surface area contributed by atoms with Gasteiger partial charge in [-0.15, -0.1) is 4.83 Å². The first-order valence-electron chi connectivity index (χ1n) is 6.34. The van der Waals surface area contributed by atoms with Crippen LogP contribution in [0.4, 0.5) is 0 Å². The molecule has 0 atom stereocenters. The fourth-order valence-electron chi connectivity index (χ4n) is 1.91. The molecule has 2 aromatic carbocycles. The number of rotatable bonds is 4. The molecular weight excluding hydrogens is 288 g/mol. The average molecular weight is 304 g/mol. The van der Waals surface area contributed by atoms with Crippen LogP contribution in [0.15, 0.2) is 53.4 Å². The third kappa shape index (κ3) is 3.68. The second kappa shape index (κ2) is 6.07. The number of benzene rings is 2. The number of sulfonamides is 1. The highest BCUT2D eigenvalue weighted by atomic mass is 32.2. The lowest BCUT2D eigenvalue weighted by Gasteiger charge is -2.10. The highest BCUT2D eigenvalue weighted by Gasteiger charge is 2.15. The van der Waals surface area contributed by atoms with Gasteiger partial charge in [0.25, 0.3) is 15.9 Å². The van der Waals surface area contributed by atoms with Crippen LogP contribution in [0.25, 0.3) is 0 Å². The molecular formula is C15H16N2O3S. The van der Waals surface area contributed by atoms with Crippen LogP contribution in [0.2, 0.25) is 0 Å². The molecule has 0 aliphatic carbocycles. The van der Waals surface area contributed by atoms with Crippen molar-refractivity contribution >= 4 is 15.9 Å². The molecule has 0 unspecified atom stereocenters. The summed E-state index contributed by atoms with van der Waals surface area (Å²) in [5, 5.41) is 0. The van der Waals surface area contributed by atoms with Crippen molar-refractivity contribution in [3.63, 3.8) is 0 Å². The lowest BCUT2D eigenvalue weighted by Crippen LogP contribution is -2.41. The van der Waals surface area contributed by atoms with E-state index in [1.807, 2.05) is 13.0 Å². The standard InChI is InChI=1S/C15H16N2O3S/c1-11-8-9-14(12(2)10-11)15(18)16-17-21(19,20)13-6-4-3-5-7-13/h3-10,17H,1-2H3,(H,16,18). The number of hydrogen-bond acceptors (Lipinski definition) is 3. The molecule has 2 N–H and O–H groups in total. The van der Waals surface area contributed by atoms with E-state index < -0.39 is 15.9 Å². The third-order valence-corrected chi connectivity index (χ3v) is 4.24. The maximum absolute atomic E-state index is 12.0. The summed E-state index contributed by atoms with van der Waals surface area (Å²) in [7, 11) is -3.77. The zero-order valence-corrected chi connectivity index (χ0v) is 12.6. The maximum Gasteiger partial charge on any atom is 0.266 e. The molecule has 0 aromatic heterocycles. The highest BCUT2D eigenvalue weighted by Crippen LogP contribution is 2.10. The van der Waals surface area contributed by atoms with E-state index in [4.69, 9.17) is 0 Å². The fraction of sp³-hybridized carbons (Fsp3) is 0.133. The Bertz CT molecular complexity index is 756. The smallest absolute Gasteiger partial charge is 0.266 e. The van der Waals surface area contributed by atoms with Gasteiger partial charge in [0.1, 0.15) is 0 Å². The second-order valence-electron chi connectivity index (χ2n) is 4.69. The Morgan fingerprint density at radius 3 is 2.29 bits per heavy atom. The molecule has 0 saturated carbocycles. The summed E-state index contributed by atoms with van der Waals surface area (Å²) in [4.78, 5) is 14.2. The van der Waals surface area contributed by atoms with Gasteiger partial charge in [0.15, 0.2) is 0 Å². The van der Waals surface area contributed by atoms with E-state index in [0.29, 0.717) is 5.56 Å². The van der Waals surface area contributed by atoms with Crippen molar-refractivity contribution in [1.82, 2.24) is 10.3 Å². The molecule has 0 bridgehead atoms. The first kappa shape index (κ1) is 15.2. The Labute approximate surface area is 124 Å². The Morgan fingerprint density at radius 2 is 1.67 bits per heavy atom. The van der Waals surface area contributed by atoms with Crippen molar-refractivity contribution in [2.75, 3.05) is 0 Å². The van der Waals surface area contributed by atoms with Crippen molar-refractivity contribution in [1.29, 1.82) is 0 Å². The molecule has 0 aliphatic rings. The van der Waals surface area contributed by atoms with Crippen molar-refractivity contribution in [2.24, 2.45) is 0 Å². The fourth-order valence-corrected chi connectivity index (χ4v) is 2.77. The first-order chi connectivity index (χ1) is 9.90. The molecule has 2 rings (SSSR count). The van der Waals surface area contributed by atoms with Crippen LogP contribution in [-0.4, -0.2) is 14.3 Å². The lowest BCUT2D eigenvalue weighted by molar-refractivity contribution is 0.0944. The van der Waals surface area contributed by atoms with Crippen LogP contribution < -0.4 is 10.3 Å². The van der Waals surface area contributed by atoms with E-state index in [0.717, 1.165) is 11.1 Å². The lowest BCUT2D eigenvalue weighted by atomic mass is 10.1. The zero-order valence-electron chi connectivity index (χ0n) is 11.8. The number of carbonyl (C=O) groups is 1. The number of hydrazine groups is 1. The van der Waals surface area contributed by atoms with E-state index in [9.17, 15) is 13.2 Å². The Morgan fingerprint density at radius 1 is 1.00 bits per heavy atom. The van der Waals surface area contributed by atoms with E-state index in [-0.39, 0.29) is 4.90 Å². The summed E-state index contributed by atoms with van der Waals surface area (Å²) < 4.78 is 24.0. The molecule has 5 nitrogen and oxygen atoms in total. The van der Waals surface area contributed by atoms with Crippen molar-refractivity contribution in [3.8, 4) is 0 Å². The van der Waals surface area contributed by atoms with Gasteiger partial charge in [-0.05, 0) is 37.6 Å². The van der Waals surface area contributed by atoms with Gasteiger partial charge >= 0.3 is 0 Å². The average Bonchev–Trinajstić information content (AvgIpc) is 2.46. The molecule has 0 fully saturated rings. The summed E-state index contributed by atoms with van der Waals surface area (Å²) >= 11 is 0. The predicted octanol–water partition coefficient (Wildman–Crippen LogP) is 1.93. The Balaban J connectivity index is 2.11. The van der Waals surface area contributed by atoms with Crippen LogP contribution in [0, 0.1) is 13.8 Å². The molecule has 0 heterocycles. The highest BCUT2D eigenvalue weighted by molar-refractivity contribution is 7.89. The van der Waals surface area contributed by atoms with Gasteiger partial charge < -0.3 is 0 Å². The van der Waals surface area contributed by atoms with Gasteiger partial charge in [0, 0.05) is 5.56 Å².